The van der Waals surface area contributed by atoms with Gasteiger partial charge in [-0.15, -0.1) is 0 Å². The molecule has 1 aromatic heterocycles. The highest BCUT2D eigenvalue weighted by molar-refractivity contribution is 7.93. The Labute approximate surface area is 220 Å². The summed E-state index contributed by atoms with van der Waals surface area (Å²) in [6.45, 7) is 2.96. The van der Waals surface area contributed by atoms with E-state index in [1.54, 1.807) is 65.7 Å². The predicted octanol–water partition coefficient (Wildman–Crippen LogP) is 4.35. The van der Waals surface area contributed by atoms with Crippen LogP contribution in [0.4, 0.5) is 5.69 Å². The van der Waals surface area contributed by atoms with Gasteiger partial charge in [-0.2, -0.15) is 0 Å². The fourth-order valence-electron chi connectivity index (χ4n) is 4.40. The topological polar surface area (TPSA) is 103 Å². The van der Waals surface area contributed by atoms with E-state index in [4.69, 9.17) is 11.6 Å². The molecule has 1 aliphatic rings. The zero-order chi connectivity index (χ0) is 26.0. The summed E-state index contributed by atoms with van der Waals surface area (Å²) in [7, 11) is -3.87. The summed E-state index contributed by atoms with van der Waals surface area (Å²) < 4.78 is 28.6. The number of carbonyl (C=O) groups excluding carboxylic acids is 1. The smallest absolute Gasteiger partial charge is 0.264 e. The molecule has 0 radical (unpaired) electrons. The maximum atomic E-state index is 13.0. The summed E-state index contributed by atoms with van der Waals surface area (Å²) in [6, 6.07) is 20.0. The average molecular weight is 537 g/mol. The van der Waals surface area contributed by atoms with Gasteiger partial charge in [-0.3, -0.25) is 19.4 Å². The zero-order valence-corrected chi connectivity index (χ0v) is 21.4. The van der Waals surface area contributed by atoms with Crippen LogP contribution in [0.5, 0.6) is 5.75 Å². The number of carbonyl (C=O) groups is 1. The molecule has 0 atom stereocenters. The molecular weight excluding hydrogens is 512 g/mol. The molecule has 4 aromatic rings. The molecular formula is C27H25ClN4O4S. The van der Waals surface area contributed by atoms with Crippen molar-refractivity contribution in [2.75, 3.05) is 30.9 Å². The van der Waals surface area contributed by atoms with E-state index in [1.807, 2.05) is 12.1 Å². The van der Waals surface area contributed by atoms with Gasteiger partial charge in [0, 0.05) is 66.1 Å². The maximum Gasteiger partial charge on any atom is 0.264 e. The van der Waals surface area contributed by atoms with Gasteiger partial charge in [-0.05, 0) is 54.6 Å². The van der Waals surface area contributed by atoms with Gasteiger partial charge in [0.1, 0.15) is 10.6 Å². The number of benzene rings is 3. The van der Waals surface area contributed by atoms with Crippen molar-refractivity contribution in [2.24, 2.45) is 0 Å². The standard InChI is InChI=1S/C27H25ClN4O4S/c28-22-8-11-24(33)21(17-22)18-31-13-15-32(16-14-31)27(34)20-6-9-23(10-7-20)30-37(35,36)25-5-1-3-19-4-2-12-29-26(19)25/h1-12,17,30,33H,13-16,18H2. The largest absolute Gasteiger partial charge is 0.508 e. The second-order valence-electron chi connectivity index (χ2n) is 8.86. The van der Waals surface area contributed by atoms with E-state index >= 15 is 0 Å². The molecule has 1 fully saturated rings. The number of halogens is 1. The van der Waals surface area contributed by atoms with Crippen LogP contribution in [-0.4, -0.2) is 60.4 Å². The number of nitrogens with one attached hydrogen (secondary N) is 1. The molecule has 0 saturated carbocycles. The third-order valence-corrected chi connectivity index (χ3v) is 8.01. The SMILES string of the molecule is O=C(c1ccc(NS(=O)(=O)c2cccc3cccnc23)cc1)N1CCN(Cc2cc(Cl)ccc2O)CC1. The lowest BCUT2D eigenvalue weighted by molar-refractivity contribution is 0.0627. The van der Waals surface area contributed by atoms with Gasteiger partial charge in [-0.1, -0.05) is 29.8 Å². The highest BCUT2D eigenvalue weighted by Crippen LogP contribution is 2.25. The van der Waals surface area contributed by atoms with E-state index in [-0.39, 0.29) is 16.6 Å². The van der Waals surface area contributed by atoms with Crippen LogP contribution >= 0.6 is 11.6 Å². The second kappa shape index (κ2) is 10.4. The lowest BCUT2D eigenvalue weighted by Crippen LogP contribution is -2.48. The first-order chi connectivity index (χ1) is 17.8. The Balaban J connectivity index is 1.21. The number of piperazine rings is 1. The van der Waals surface area contributed by atoms with Crippen molar-refractivity contribution in [1.29, 1.82) is 0 Å². The van der Waals surface area contributed by atoms with E-state index in [9.17, 15) is 18.3 Å². The van der Waals surface area contributed by atoms with Gasteiger partial charge in [0.25, 0.3) is 15.9 Å². The number of para-hydroxylation sites is 1. The predicted molar refractivity (Wildman–Crippen MR) is 143 cm³/mol. The van der Waals surface area contributed by atoms with Crippen molar-refractivity contribution in [2.45, 2.75) is 11.4 Å². The maximum absolute atomic E-state index is 13.0. The minimum atomic E-state index is -3.87. The first-order valence-corrected chi connectivity index (χ1v) is 13.6. The molecule has 0 spiro atoms. The number of sulfonamides is 1. The van der Waals surface area contributed by atoms with E-state index in [1.165, 1.54) is 6.07 Å². The van der Waals surface area contributed by atoms with E-state index < -0.39 is 10.0 Å². The van der Waals surface area contributed by atoms with Crippen LogP contribution in [0.25, 0.3) is 10.9 Å². The Hall–Kier alpha value is -3.66. The van der Waals surface area contributed by atoms with Crippen molar-refractivity contribution >= 4 is 44.1 Å². The molecule has 3 aromatic carbocycles. The molecule has 190 valence electrons. The molecule has 37 heavy (non-hydrogen) atoms. The van der Waals surface area contributed by atoms with Gasteiger partial charge < -0.3 is 10.0 Å². The van der Waals surface area contributed by atoms with E-state index in [0.29, 0.717) is 54.5 Å². The fourth-order valence-corrected chi connectivity index (χ4v) is 5.83. The first kappa shape index (κ1) is 25.0. The highest BCUT2D eigenvalue weighted by atomic mass is 35.5. The molecule has 2 heterocycles. The average Bonchev–Trinajstić information content (AvgIpc) is 2.91. The van der Waals surface area contributed by atoms with Crippen LogP contribution in [0.1, 0.15) is 15.9 Å². The summed E-state index contributed by atoms with van der Waals surface area (Å²) in [5.74, 6) is 0.0910. The van der Waals surface area contributed by atoms with Crippen molar-refractivity contribution in [3.63, 3.8) is 0 Å². The Kier molecular flexibility index (Phi) is 7.01. The van der Waals surface area contributed by atoms with Crippen LogP contribution in [0, 0.1) is 0 Å². The fraction of sp³-hybridized carbons (Fsp3) is 0.185. The van der Waals surface area contributed by atoms with E-state index in [2.05, 4.69) is 14.6 Å². The number of nitrogens with zero attached hydrogens (tertiary/aromatic N) is 3. The van der Waals surface area contributed by atoms with Gasteiger partial charge in [-0.25, -0.2) is 8.42 Å². The van der Waals surface area contributed by atoms with Gasteiger partial charge in [0.2, 0.25) is 0 Å². The summed E-state index contributed by atoms with van der Waals surface area (Å²) in [4.78, 5) is 21.3. The van der Waals surface area contributed by atoms with Crippen molar-refractivity contribution in [3.8, 4) is 5.75 Å². The number of hydrogen-bond acceptors (Lipinski definition) is 6. The van der Waals surface area contributed by atoms with Crippen LogP contribution in [0.15, 0.2) is 83.9 Å². The number of phenolic OH excluding ortho intramolecular Hbond substituents is 1. The molecule has 1 amide bonds. The highest BCUT2D eigenvalue weighted by Gasteiger charge is 2.23. The summed E-state index contributed by atoms with van der Waals surface area (Å²) in [6.07, 6.45) is 1.56. The molecule has 2 N–H and O–H groups in total. The minimum absolute atomic E-state index is 0.0923. The molecule has 8 nitrogen and oxygen atoms in total. The van der Waals surface area contributed by atoms with E-state index in [0.717, 1.165) is 10.9 Å². The number of amides is 1. The van der Waals surface area contributed by atoms with Gasteiger partial charge in [0.05, 0.1) is 5.52 Å². The van der Waals surface area contributed by atoms with Crippen LogP contribution in [0.3, 0.4) is 0 Å². The molecule has 5 rings (SSSR count). The van der Waals surface area contributed by atoms with Crippen LogP contribution < -0.4 is 4.72 Å². The number of rotatable bonds is 6. The first-order valence-electron chi connectivity index (χ1n) is 11.8. The Bertz CT molecular complexity index is 1550. The molecule has 1 aliphatic heterocycles. The van der Waals surface area contributed by atoms with Crippen LogP contribution in [0.2, 0.25) is 5.02 Å². The molecule has 0 bridgehead atoms. The summed E-state index contributed by atoms with van der Waals surface area (Å²) in [5.41, 5.74) is 1.99. The van der Waals surface area contributed by atoms with Gasteiger partial charge >= 0.3 is 0 Å². The van der Waals surface area contributed by atoms with Gasteiger partial charge in [0.15, 0.2) is 0 Å². The third kappa shape index (κ3) is 5.53. The molecule has 0 unspecified atom stereocenters. The van der Waals surface area contributed by atoms with Crippen molar-refractivity contribution < 1.29 is 18.3 Å². The Morgan fingerprint density at radius 2 is 1.70 bits per heavy atom. The number of hydrogen-bond donors (Lipinski definition) is 2. The monoisotopic (exact) mass is 536 g/mol. The summed E-state index contributed by atoms with van der Waals surface area (Å²) in [5, 5.41) is 11.4. The number of aromatic hydroxyl groups is 1. The number of anilines is 1. The number of aromatic nitrogens is 1. The molecule has 10 heteroatoms. The Morgan fingerprint density at radius 3 is 2.46 bits per heavy atom. The minimum Gasteiger partial charge on any atom is -0.508 e. The lowest BCUT2D eigenvalue weighted by atomic mass is 10.1. The van der Waals surface area contributed by atoms with Crippen molar-refractivity contribution in [3.05, 3.63) is 95.1 Å². The molecule has 0 aliphatic carbocycles. The van der Waals surface area contributed by atoms with Crippen LogP contribution in [-0.2, 0) is 16.6 Å². The number of fused-ring (bicyclic) bond motifs is 1. The third-order valence-electron chi connectivity index (χ3n) is 6.36. The second-order valence-corrected chi connectivity index (χ2v) is 10.9. The number of pyridine rings is 1. The Morgan fingerprint density at radius 1 is 0.973 bits per heavy atom. The lowest BCUT2D eigenvalue weighted by Gasteiger charge is -2.35. The quantitative estimate of drug-likeness (QED) is 0.380. The summed E-state index contributed by atoms with van der Waals surface area (Å²) >= 11 is 6.04. The zero-order valence-electron chi connectivity index (χ0n) is 19.8. The normalized spacial score (nSPS) is 14.6. The molecule has 1 saturated heterocycles. The van der Waals surface area contributed by atoms with Crippen molar-refractivity contribution in [1.82, 2.24) is 14.8 Å². The number of phenols is 1.